The highest BCUT2D eigenvalue weighted by atomic mass is 79.9. The van der Waals surface area contributed by atoms with E-state index >= 15 is 0 Å². The largest absolute Gasteiger partial charge is 0.481 e. The molecule has 78 valence electrons. The van der Waals surface area contributed by atoms with Crippen molar-refractivity contribution in [1.29, 1.82) is 0 Å². The molecular weight excluding hydrogens is 256 g/mol. The number of carboxylic acids is 1. The third-order valence-electron chi connectivity index (χ3n) is 2.56. The number of halogens is 1. The number of rotatable bonds is 2. The van der Waals surface area contributed by atoms with Crippen molar-refractivity contribution < 1.29 is 9.90 Å². The van der Waals surface area contributed by atoms with E-state index in [1.807, 2.05) is 18.2 Å². The highest BCUT2D eigenvalue weighted by molar-refractivity contribution is 9.10. The van der Waals surface area contributed by atoms with Gasteiger partial charge in [-0.25, -0.2) is 0 Å². The highest BCUT2D eigenvalue weighted by Gasteiger charge is 2.12. The minimum absolute atomic E-state index is 0.159. The van der Waals surface area contributed by atoms with E-state index in [1.165, 1.54) is 5.56 Å². The quantitative estimate of drug-likeness (QED) is 0.893. The Kier molecular flexibility index (Phi) is 2.91. The first-order valence-electron chi connectivity index (χ1n) is 4.85. The van der Waals surface area contributed by atoms with Crippen LogP contribution >= 0.6 is 15.9 Å². The van der Waals surface area contributed by atoms with E-state index < -0.39 is 5.97 Å². The number of aliphatic carboxylic acids is 1. The first kappa shape index (κ1) is 10.4. The van der Waals surface area contributed by atoms with Crippen LogP contribution in [0.15, 0.2) is 28.2 Å². The summed E-state index contributed by atoms with van der Waals surface area (Å²) in [6.45, 7) is 0. The van der Waals surface area contributed by atoms with Crippen molar-refractivity contribution in [3.63, 3.8) is 0 Å². The molecule has 0 saturated carbocycles. The van der Waals surface area contributed by atoms with Crippen molar-refractivity contribution in [2.24, 2.45) is 0 Å². The predicted molar refractivity (Wildman–Crippen MR) is 62.7 cm³/mol. The van der Waals surface area contributed by atoms with E-state index in [1.54, 1.807) is 0 Å². The van der Waals surface area contributed by atoms with Crippen LogP contribution in [0.25, 0.3) is 6.08 Å². The fourth-order valence-electron chi connectivity index (χ4n) is 1.85. The molecule has 0 saturated heterocycles. The van der Waals surface area contributed by atoms with Gasteiger partial charge < -0.3 is 5.11 Å². The molecule has 1 aromatic carbocycles. The molecule has 0 radical (unpaired) electrons. The van der Waals surface area contributed by atoms with Crippen molar-refractivity contribution in [2.45, 2.75) is 19.3 Å². The maximum atomic E-state index is 10.6. The normalized spacial score (nSPS) is 14.3. The van der Waals surface area contributed by atoms with Crippen LogP contribution in [0.2, 0.25) is 0 Å². The second-order valence-electron chi connectivity index (χ2n) is 3.72. The number of fused-ring (bicyclic) bond motifs is 1. The standard InChI is InChI=1S/C12H11BrO2/c13-11-4-3-9-2-1-8(6-12(14)15)5-10(9)7-11/h3-5,7H,1-2,6H2,(H,14,15). The molecule has 3 heteroatoms. The van der Waals surface area contributed by atoms with Crippen molar-refractivity contribution >= 4 is 28.0 Å². The van der Waals surface area contributed by atoms with Gasteiger partial charge in [-0.1, -0.05) is 33.6 Å². The summed E-state index contributed by atoms with van der Waals surface area (Å²) in [5.41, 5.74) is 3.45. The first-order chi connectivity index (χ1) is 7.15. The lowest BCUT2D eigenvalue weighted by Crippen LogP contribution is -2.03. The van der Waals surface area contributed by atoms with Gasteiger partial charge in [0.1, 0.15) is 0 Å². The minimum Gasteiger partial charge on any atom is -0.481 e. The Bertz CT molecular complexity index is 435. The van der Waals surface area contributed by atoms with Crippen molar-refractivity contribution in [3.05, 3.63) is 39.4 Å². The predicted octanol–water partition coefficient (Wildman–Crippen LogP) is 3.25. The SMILES string of the molecule is O=C(O)CC1=Cc2cc(Br)ccc2CC1. The van der Waals surface area contributed by atoms with Crippen LogP contribution in [0, 0.1) is 0 Å². The summed E-state index contributed by atoms with van der Waals surface area (Å²) >= 11 is 3.42. The topological polar surface area (TPSA) is 37.3 Å². The zero-order valence-corrected chi connectivity index (χ0v) is 9.75. The van der Waals surface area contributed by atoms with Crippen LogP contribution in [0.5, 0.6) is 0 Å². The van der Waals surface area contributed by atoms with Crippen molar-refractivity contribution in [3.8, 4) is 0 Å². The van der Waals surface area contributed by atoms with Crippen LogP contribution in [0.1, 0.15) is 24.0 Å². The number of carbonyl (C=O) groups is 1. The Morgan fingerprint density at radius 2 is 2.20 bits per heavy atom. The molecule has 1 aromatic rings. The second kappa shape index (κ2) is 4.19. The number of benzene rings is 1. The highest BCUT2D eigenvalue weighted by Crippen LogP contribution is 2.27. The molecule has 0 fully saturated rings. The molecule has 1 N–H and O–H groups in total. The first-order valence-corrected chi connectivity index (χ1v) is 5.64. The van der Waals surface area contributed by atoms with Crippen molar-refractivity contribution in [1.82, 2.24) is 0 Å². The summed E-state index contributed by atoms with van der Waals surface area (Å²) in [7, 11) is 0. The summed E-state index contributed by atoms with van der Waals surface area (Å²) in [5.74, 6) is -0.750. The summed E-state index contributed by atoms with van der Waals surface area (Å²) < 4.78 is 1.04. The molecule has 0 atom stereocenters. The van der Waals surface area contributed by atoms with Gasteiger partial charge in [0.2, 0.25) is 0 Å². The summed E-state index contributed by atoms with van der Waals surface area (Å²) in [5, 5.41) is 8.72. The van der Waals surface area contributed by atoms with Gasteiger partial charge in [0, 0.05) is 4.47 Å². The average molecular weight is 267 g/mol. The number of aryl methyl sites for hydroxylation is 1. The number of hydrogen-bond acceptors (Lipinski definition) is 1. The second-order valence-corrected chi connectivity index (χ2v) is 4.63. The van der Waals surface area contributed by atoms with Gasteiger partial charge >= 0.3 is 5.97 Å². The summed E-state index contributed by atoms with van der Waals surface area (Å²) in [6.07, 6.45) is 3.96. The minimum atomic E-state index is -0.750. The van der Waals surface area contributed by atoms with Crippen LogP contribution in [-0.2, 0) is 11.2 Å². The lowest BCUT2D eigenvalue weighted by Gasteiger charge is -2.15. The molecule has 0 spiro atoms. The van der Waals surface area contributed by atoms with Gasteiger partial charge in [-0.15, -0.1) is 0 Å². The molecule has 0 unspecified atom stereocenters. The van der Waals surface area contributed by atoms with E-state index in [-0.39, 0.29) is 6.42 Å². The van der Waals surface area contributed by atoms with Gasteiger partial charge in [-0.2, -0.15) is 0 Å². The van der Waals surface area contributed by atoms with Crippen molar-refractivity contribution in [2.75, 3.05) is 0 Å². The smallest absolute Gasteiger partial charge is 0.307 e. The monoisotopic (exact) mass is 266 g/mol. The molecule has 0 amide bonds. The zero-order chi connectivity index (χ0) is 10.8. The molecule has 2 nitrogen and oxygen atoms in total. The Morgan fingerprint density at radius 1 is 1.40 bits per heavy atom. The molecule has 0 heterocycles. The Hall–Kier alpha value is -1.09. The van der Waals surface area contributed by atoms with E-state index in [2.05, 4.69) is 22.0 Å². The third-order valence-corrected chi connectivity index (χ3v) is 3.05. The lowest BCUT2D eigenvalue weighted by molar-refractivity contribution is -0.136. The molecule has 1 aliphatic carbocycles. The Labute approximate surface area is 96.7 Å². The summed E-state index contributed by atoms with van der Waals surface area (Å²) in [4.78, 5) is 10.6. The van der Waals surface area contributed by atoms with Gasteiger partial charge in [0.25, 0.3) is 0 Å². The summed E-state index contributed by atoms with van der Waals surface area (Å²) in [6, 6.07) is 6.15. The van der Waals surface area contributed by atoms with Gasteiger partial charge in [0.15, 0.2) is 0 Å². The molecule has 0 aliphatic heterocycles. The van der Waals surface area contributed by atoms with E-state index in [9.17, 15) is 4.79 Å². The fraction of sp³-hybridized carbons (Fsp3) is 0.250. The third kappa shape index (κ3) is 2.48. The molecule has 0 bridgehead atoms. The zero-order valence-electron chi connectivity index (χ0n) is 8.16. The fourth-order valence-corrected chi connectivity index (χ4v) is 2.23. The number of hydrogen-bond donors (Lipinski definition) is 1. The maximum Gasteiger partial charge on any atom is 0.307 e. The van der Waals surface area contributed by atoms with Gasteiger partial charge in [-0.05, 0) is 36.1 Å². The van der Waals surface area contributed by atoms with E-state index in [4.69, 9.17) is 5.11 Å². The van der Waals surface area contributed by atoms with Crippen LogP contribution < -0.4 is 0 Å². The average Bonchev–Trinajstić information content (AvgIpc) is 2.16. The van der Waals surface area contributed by atoms with Crippen LogP contribution in [0.3, 0.4) is 0 Å². The Balaban J connectivity index is 2.31. The van der Waals surface area contributed by atoms with E-state index in [0.29, 0.717) is 0 Å². The Morgan fingerprint density at radius 3 is 2.93 bits per heavy atom. The maximum absolute atomic E-state index is 10.6. The van der Waals surface area contributed by atoms with Gasteiger partial charge in [-0.3, -0.25) is 4.79 Å². The molecule has 15 heavy (non-hydrogen) atoms. The number of carboxylic acid groups (broad SMARTS) is 1. The van der Waals surface area contributed by atoms with Crippen LogP contribution in [-0.4, -0.2) is 11.1 Å². The molecule has 0 aromatic heterocycles. The molecule has 1 aliphatic rings. The van der Waals surface area contributed by atoms with Gasteiger partial charge in [0.05, 0.1) is 6.42 Å². The molecular formula is C12H11BrO2. The van der Waals surface area contributed by atoms with E-state index in [0.717, 1.165) is 28.5 Å². The molecule has 2 rings (SSSR count). The van der Waals surface area contributed by atoms with Crippen LogP contribution in [0.4, 0.5) is 0 Å². The lowest BCUT2D eigenvalue weighted by atomic mass is 9.91.